The van der Waals surface area contributed by atoms with Crippen molar-refractivity contribution in [2.24, 2.45) is 5.73 Å². The third kappa shape index (κ3) is 4.83. The Kier molecular flexibility index (Phi) is 5.68. The highest BCUT2D eigenvalue weighted by molar-refractivity contribution is 6.07. The molecule has 0 unspecified atom stereocenters. The molecule has 1 heterocycles. The van der Waals surface area contributed by atoms with Gasteiger partial charge in [0.1, 0.15) is 5.75 Å². The van der Waals surface area contributed by atoms with Crippen LogP contribution in [0.15, 0.2) is 42.7 Å². The summed E-state index contributed by atoms with van der Waals surface area (Å²) in [4.78, 5) is 43.2. The van der Waals surface area contributed by atoms with Gasteiger partial charge in [0.25, 0.3) is 11.8 Å². The first-order valence-corrected chi connectivity index (χ1v) is 8.69. The van der Waals surface area contributed by atoms with E-state index >= 15 is 0 Å². The molecule has 2 aromatic carbocycles. The van der Waals surface area contributed by atoms with Gasteiger partial charge in [0.2, 0.25) is 0 Å². The van der Waals surface area contributed by atoms with E-state index in [-0.39, 0.29) is 12.5 Å². The maximum atomic E-state index is 12.7. The number of primary amides is 1. The van der Waals surface area contributed by atoms with Crippen molar-refractivity contribution in [1.82, 2.24) is 15.3 Å². The number of hydrogen-bond acceptors (Lipinski definition) is 6. The maximum absolute atomic E-state index is 12.7. The van der Waals surface area contributed by atoms with Crippen molar-refractivity contribution in [1.29, 1.82) is 0 Å². The quantitative estimate of drug-likeness (QED) is 0.607. The van der Waals surface area contributed by atoms with E-state index in [2.05, 4.69) is 15.3 Å². The molecule has 0 aliphatic carbocycles. The topological polar surface area (TPSA) is 136 Å². The van der Waals surface area contributed by atoms with E-state index in [0.29, 0.717) is 22.5 Å². The first kappa shape index (κ1) is 19.7. The van der Waals surface area contributed by atoms with Crippen LogP contribution < -0.4 is 21.1 Å². The number of ether oxygens (including phenoxy) is 1. The monoisotopic (exact) mass is 393 g/mol. The van der Waals surface area contributed by atoms with Crippen LogP contribution in [0.4, 0.5) is 10.5 Å². The van der Waals surface area contributed by atoms with Gasteiger partial charge in [-0.2, -0.15) is 0 Å². The molecular formula is C20H19N5O4. The van der Waals surface area contributed by atoms with Crippen molar-refractivity contribution in [2.75, 3.05) is 11.9 Å². The standard InChI is InChI=1S/C20H19N5O4/c1-11-8-16-17(23-6-5-22-16)9-14(11)19(27)24-15-4-3-13(7-12(15)2)29-10-18(26)25-20(21)28/h3-9H,10H2,1-2H3,(H,24,27)(H3,21,25,26,28). The summed E-state index contributed by atoms with van der Waals surface area (Å²) in [5.74, 6) is -0.507. The summed E-state index contributed by atoms with van der Waals surface area (Å²) >= 11 is 0. The minimum Gasteiger partial charge on any atom is -0.484 e. The zero-order chi connectivity index (χ0) is 21.0. The number of carbonyl (C=O) groups excluding carboxylic acids is 3. The third-order valence-electron chi connectivity index (χ3n) is 4.14. The Morgan fingerprint density at radius 1 is 1.00 bits per heavy atom. The van der Waals surface area contributed by atoms with Crippen LogP contribution in [-0.4, -0.2) is 34.4 Å². The predicted octanol–water partition coefficient (Wildman–Crippen LogP) is 2.07. The Morgan fingerprint density at radius 2 is 1.69 bits per heavy atom. The molecule has 3 aromatic rings. The molecule has 29 heavy (non-hydrogen) atoms. The molecule has 0 aliphatic rings. The lowest BCUT2D eigenvalue weighted by atomic mass is 10.1. The van der Waals surface area contributed by atoms with E-state index in [4.69, 9.17) is 10.5 Å². The number of nitrogens with two attached hydrogens (primary N) is 1. The first-order chi connectivity index (χ1) is 13.8. The molecule has 4 N–H and O–H groups in total. The van der Waals surface area contributed by atoms with Crippen molar-refractivity contribution >= 4 is 34.6 Å². The van der Waals surface area contributed by atoms with E-state index in [1.807, 2.05) is 18.3 Å². The van der Waals surface area contributed by atoms with Gasteiger partial charge >= 0.3 is 6.03 Å². The number of nitrogens with one attached hydrogen (secondary N) is 2. The lowest BCUT2D eigenvalue weighted by Crippen LogP contribution is -2.38. The molecule has 0 saturated heterocycles. The summed E-state index contributed by atoms with van der Waals surface area (Å²) in [6, 6.07) is 7.54. The van der Waals surface area contributed by atoms with Crippen molar-refractivity contribution in [3.8, 4) is 5.75 Å². The molecule has 1 aromatic heterocycles. The fourth-order valence-corrected chi connectivity index (χ4v) is 2.74. The van der Waals surface area contributed by atoms with Crippen molar-refractivity contribution in [3.05, 3.63) is 59.4 Å². The molecule has 0 fully saturated rings. The molecule has 0 atom stereocenters. The van der Waals surface area contributed by atoms with Gasteiger partial charge in [-0.1, -0.05) is 0 Å². The molecule has 4 amide bonds. The molecule has 0 spiro atoms. The SMILES string of the molecule is Cc1cc(OCC(=O)NC(N)=O)ccc1NC(=O)c1cc2nccnc2cc1C. The van der Waals surface area contributed by atoms with E-state index in [1.54, 1.807) is 43.6 Å². The smallest absolute Gasteiger partial charge is 0.318 e. The zero-order valence-corrected chi connectivity index (χ0v) is 15.9. The summed E-state index contributed by atoms with van der Waals surface area (Å²) in [5, 5.41) is 4.78. The Balaban J connectivity index is 1.72. The van der Waals surface area contributed by atoms with Gasteiger partial charge in [-0.3, -0.25) is 24.9 Å². The highest BCUT2D eigenvalue weighted by Gasteiger charge is 2.13. The molecule has 148 valence electrons. The third-order valence-corrected chi connectivity index (χ3v) is 4.14. The molecule has 9 heteroatoms. The Bertz CT molecular complexity index is 1110. The molecule has 3 rings (SSSR count). The van der Waals surface area contributed by atoms with E-state index in [0.717, 1.165) is 16.6 Å². The zero-order valence-electron chi connectivity index (χ0n) is 15.9. The Hall–Kier alpha value is -4.01. The van der Waals surface area contributed by atoms with Gasteiger partial charge in [0.05, 0.1) is 11.0 Å². The number of aromatic nitrogens is 2. The highest BCUT2D eigenvalue weighted by Crippen LogP contribution is 2.23. The number of rotatable bonds is 5. The van der Waals surface area contributed by atoms with Crippen LogP contribution in [-0.2, 0) is 4.79 Å². The van der Waals surface area contributed by atoms with Crippen LogP contribution in [0.25, 0.3) is 11.0 Å². The number of carbonyl (C=O) groups is 3. The van der Waals surface area contributed by atoms with Gasteiger partial charge in [0, 0.05) is 23.6 Å². The number of aryl methyl sites for hydroxylation is 2. The predicted molar refractivity (Wildman–Crippen MR) is 107 cm³/mol. The van der Waals surface area contributed by atoms with Crippen molar-refractivity contribution in [3.63, 3.8) is 0 Å². The molecular weight excluding hydrogens is 374 g/mol. The second-order valence-corrected chi connectivity index (χ2v) is 6.34. The van der Waals surface area contributed by atoms with Crippen molar-refractivity contribution < 1.29 is 19.1 Å². The first-order valence-electron chi connectivity index (χ1n) is 8.69. The number of urea groups is 1. The van der Waals surface area contributed by atoms with E-state index in [9.17, 15) is 14.4 Å². The second kappa shape index (κ2) is 8.34. The minimum atomic E-state index is -0.942. The molecule has 0 bridgehead atoms. The Labute approximate surface area is 166 Å². The number of hydrogen-bond donors (Lipinski definition) is 3. The summed E-state index contributed by atoms with van der Waals surface area (Å²) in [7, 11) is 0. The summed E-state index contributed by atoms with van der Waals surface area (Å²) < 4.78 is 5.31. The minimum absolute atomic E-state index is 0.271. The molecule has 0 aliphatic heterocycles. The van der Waals surface area contributed by atoms with Gasteiger partial charge in [-0.05, 0) is 55.3 Å². The number of benzene rings is 2. The number of anilines is 1. The normalized spacial score (nSPS) is 10.4. The summed E-state index contributed by atoms with van der Waals surface area (Å²) in [6.07, 6.45) is 3.18. The van der Waals surface area contributed by atoms with Crippen LogP contribution in [0.1, 0.15) is 21.5 Å². The average Bonchev–Trinajstić information content (AvgIpc) is 2.67. The van der Waals surface area contributed by atoms with Gasteiger partial charge < -0.3 is 15.8 Å². The number of fused-ring (bicyclic) bond motifs is 1. The summed E-state index contributed by atoms with van der Waals surface area (Å²) in [6.45, 7) is 3.28. The summed E-state index contributed by atoms with van der Waals surface area (Å²) in [5.41, 5.74) is 8.85. The fraction of sp³-hybridized carbons (Fsp3) is 0.150. The van der Waals surface area contributed by atoms with Crippen molar-refractivity contribution in [2.45, 2.75) is 13.8 Å². The van der Waals surface area contributed by atoms with Crippen LogP contribution in [0, 0.1) is 13.8 Å². The van der Waals surface area contributed by atoms with Crippen LogP contribution in [0.5, 0.6) is 5.75 Å². The second-order valence-electron chi connectivity index (χ2n) is 6.34. The molecule has 0 radical (unpaired) electrons. The van der Waals surface area contributed by atoms with Gasteiger partial charge in [0.15, 0.2) is 6.61 Å². The van der Waals surface area contributed by atoms with Gasteiger partial charge in [-0.25, -0.2) is 4.79 Å². The largest absolute Gasteiger partial charge is 0.484 e. The number of nitrogens with zero attached hydrogens (tertiary/aromatic N) is 2. The molecule has 9 nitrogen and oxygen atoms in total. The average molecular weight is 393 g/mol. The fourth-order valence-electron chi connectivity index (χ4n) is 2.74. The van der Waals surface area contributed by atoms with E-state index in [1.165, 1.54) is 0 Å². The van der Waals surface area contributed by atoms with Crippen LogP contribution in [0.3, 0.4) is 0 Å². The molecule has 0 saturated carbocycles. The lowest BCUT2D eigenvalue weighted by molar-refractivity contribution is -0.121. The highest BCUT2D eigenvalue weighted by atomic mass is 16.5. The Morgan fingerprint density at radius 3 is 2.34 bits per heavy atom. The lowest BCUT2D eigenvalue weighted by Gasteiger charge is -2.12. The maximum Gasteiger partial charge on any atom is 0.318 e. The number of imide groups is 1. The van der Waals surface area contributed by atoms with E-state index < -0.39 is 11.9 Å². The number of amides is 4. The van der Waals surface area contributed by atoms with Crippen LogP contribution in [0.2, 0.25) is 0 Å². The van der Waals surface area contributed by atoms with Gasteiger partial charge in [-0.15, -0.1) is 0 Å². The van der Waals surface area contributed by atoms with Crippen LogP contribution >= 0.6 is 0 Å².